The van der Waals surface area contributed by atoms with Gasteiger partial charge in [0.25, 0.3) is 5.91 Å². The number of aromatic nitrogens is 2. The van der Waals surface area contributed by atoms with Crippen LogP contribution in [0.1, 0.15) is 21.7 Å². The highest BCUT2D eigenvalue weighted by Crippen LogP contribution is 2.25. The number of amides is 1. The lowest BCUT2D eigenvalue weighted by Crippen LogP contribution is -2.25. The van der Waals surface area contributed by atoms with Crippen LogP contribution in [0.2, 0.25) is 0 Å². The molecule has 0 saturated carbocycles. The van der Waals surface area contributed by atoms with Crippen molar-refractivity contribution in [1.82, 2.24) is 15.5 Å². The number of anilines is 1. The normalized spacial score (nSPS) is 13.6. The van der Waals surface area contributed by atoms with E-state index in [0.717, 1.165) is 36.4 Å². The first-order valence-corrected chi connectivity index (χ1v) is 6.86. The zero-order valence-corrected chi connectivity index (χ0v) is 13.1. The van der Waals surface area contributed by atoms with E-state index in [9.17, 15) is 18.0 Å². The number of alkyl halides is 3. The van der Waals surface area contributed by atoms with Crippen molar-refractivity contribution in [3.05, 3.63) is 41.2 Å². The van der Waals surface area contributed by atoms with Gasteiger partial charge < -0.3 is 15.4 Å². The zero-order valence-electron chi connectivity index (χ0n) is 12.2. The number of hydrogen-bond acceptors (Lipinski definition) is 4. The second kappa shape index (κ2) is 7.10. The Morgan fingerprint density at radius 1 is 1.33 bits per heavy atom. The van der Waals surface area contributed by atoms with E-state index in [1.54, 1.807) is 0 Å². The fourth-order valence-corrected chi connectivity index (χ4v) is 2.37. The number of carbonyl (C=O) groups is 1. The quantitative estimate of drug-likeness (QED) is 0.784. The minimum absolute atomic E-state index is 0. The minimum Gasteiger partial charge on any atom is -0.406 e. The molecule has 2 heterocycles. The van der Waals surface area contributed by atoms with Gasteiger partial charge in [0.05, 0.1) is 0 Å². The van der Waals surface area contributed by atoms with Gasteiger partial charge in [-0.2, -0.15) is 5.10 Å². The summed E-state index contributed by atoms with van der Waals surface area (Å²) in [5.41, 5.74) is 2.09. The van der Waals surface area contributed by atoms with E-state index in [0.29, 0.717) is 6.54 Å². The molecule has 1 aromatic carbocycles. The monoisotopic (exact) mass is 362 g/mol. The molecule has 0 unspecified atom stereocenters. The van der Waals surface area contributed by atoms with Crippen LogP contribution in [0.5, 0.6) is 5.75 Å². The molecule has 10 heteroatoms. The second-order valence-corrected chi connectivity index (χ2v) is 4.99. The van der Waals surface area contributed by atoms with Crippen molar-refractivity contribution in [3.8, 4) is 5.75 Å². The van der Waals surface area contributed by atoms with Crippen molar-refractivity contribution < 1.29 is 22.7 Å². The molecule has 3 N–H and O–H groups in total. The molecule has 3 rings (SSSR count). The molecule has 6 nitrogen and oxygen atoms in total. The molecule has 1 aromatic heterocycles. The number of benzene rings is 1. The van der Waals surface area contributed by atoms with Gasteiger partial charge in [-0.15, -0.1) is 25.6 Å². The maximum atomic E-state index is 12.3. The number of ether oxygens (including phenoxy) is 1. The molecule has 1 amide bonds. The summed E-state index contributed by atoms with van der Waals surface area (Å²) < 4.78 is 40.5. The summed E-state index contributed by atoms with van der Waals surface area (Å²) in [5, 5.41) is 12.5. The van der Waals surface area contributed by atoms with E-state index in [1.165, 1.54) is 12.1 Å². The lowest BCUT2D eigenvalue weighted by atomic mass is 10.1. The highest BCUT2D eigenvalue weighted by molar-refractivity contribution is 6.04. The van der Waals surface area contributed by atoms with Gasteiger partial charge in [0.15, 0.2) is 5.69 Å². The van der Waals surface area contributed by atoms with Gasteiger partial charge in [-0.3, -0.25) is 9.89 Å². The summed E-state index contributed by atoms with van der Waals surface area (Å²) in [6, 6.07) is 5.09. The molecular formula is C14H14ClF3N4O2. The Balaban J connectivity index is 0.00000208. The predicted octanol–water partition coefficient (Wildman–Crippen LogP) is 2.63. The zero-order chi connectivity index (χ0) is 16.4. The molecule has 1 aliphatic rings. The third-order valence-electron chi connectivity index (χ3n) is 3.35. The maximum Gasteiger partial charge on any atom is 0.573 e. The van der Waals surface area contributed by atoms with Crippen LogP contribution >= 0.6 is 12.4 Å². The molecule has 2 aromatic rings. The Labute approximate surface area is 141 Å². The van der Waals surface area contributed by atoms with Crippen LogP contribution in [0.4, 0.5) is 18.9 Å². The summed E-state index contributed by atoms with van der Waals surface area (Å²) in [4.78, 5) is 12.3. The van der Waals surface area contributed by atoms with Crippen molar-refractivity contribution >= 4 is 24.0 Å². The Kier molecular flexibility index (Phi) is 5.35. The Bertz CT molecular complexity index is 733. The van der Waals surface area contributed by atoms with E-state index >= 15 is 0 Å². The molecule has 0 bridgehead atoms. The van der Waals surface area contributed by atoms with E-state index in [-0.39, 0.29) is 23.8 Å². The first-order valence-electron chi connectivity index (χ1n) is 6.86. The molecule has 24 heavy (non-hydrogen) atoms. The van der Waals surface area contributed by atoms with Crippen molar-refractivity contribution in [2.24, 2.45) is 0 Å². The number of fused-ring (bicyclic) bond motifs is 1. The summed E-state index contributed by atoms with van der Waals surface area (Å²) in [6.07, 6.45) is -4.04. The molecule has 130 valence electrons. The van der Waals surface area contributed by atoms with Gasteiger partial charge in [0, 0.05) is 42.5 Å². The molecular weight excluding hydrogens is 349 g/mol. The van der Waals surface area contributed by atoms with Gasteiger partial charge in [-0.1, -0.05) is 6.07 Å². The van der Waals surface area contributed by atoms with Gasteiger partial charge in [-0.05, 0) is 12.1 Å². The Morgan fingerprint density at radius 3 is 2.88 bits per heavy atom. The topological polar surface area (TPSA) is 79.0 Å². The van der Waals surface area contributed by atoms with E-state index in [4.69, 9.17) is 0 Å². The highest BCUT2D eigenvalue weighted by Gasteiger charge is 2.31. The molecule has 0 fully saturated rings. The summed E-state index contributed by atoms with van der Waals surface area (Å²) in [6.45, 7) is 1.32. The van der Waals surface area contributed by atoms with Crippen LogP contribution in [-0.4, -0.2) is 29.0 Å². The molecule has 0 aliphatic carbocycles. The number of rotatable bonds is 3. The molecule has 0 atom stereocenters. The maximum absolute atomic E-state index is 12.3. The van der Waals surface area contributed by atoms with Gasteiger partial charge in [0.2, 0.25) is 0 Å². The Hall–Kier alpha value is -2.26. The largest absolute Gasteiger partial charge is 0.573 e. The predicted molar refractivity (Wildman–Crippen MR) is 82.3 cm³/mol. The number of aromatic amines is 1. The highest BCUT2D eigenvalue weighted by atomic mass is 35.5. The number of nitrogens with one attached hydrogen (secondary N) is 3. The number of hydrogen-bond donors (Lipinski definition) is 3. The van der Waals surface area contributed by atoms with Gasteiger partial charge in [0.1, 0.15) is 5.75 Å². The average molecular weight is 363 g/mol. The minimum atomic E-state index is -4.78. The third kappa shape index (κ3) is 4.18. The summed E-state index contributed by atoms with van der Waals surface area (Å²) in [5.74, 6) is -0.892. The van der Waals surface area contributed by atoms with Crippen LogP contribution in [0, 0.1) is 0 Å². The van der Waals surface area contributed by atoms with Crippen molar-refractivity contribution in [1.29, 1.82) is 0 Å². The molecule has 0 saturated heterocycles. The third-order valence-corrected chi connectivity index (χ3v) is 3.35. The lowest BCUT2D eigenvalue weighted by molar-refractivity contribution is -0.274. The van der Waals surface area contributed by atoms with Crippen molar-refractivity contribution in [2.75, 3.05) is 11.9 Å². The van der Waals surface area contributed by atoms with Crippen LogP contribution in [0.3, 0.4) is 0 Å². The van der Waals surface area contributed by atoms with Gasteiger partial charge >= 0.3 is 6.36 Å². The number of nitrogens with zero attached hydrogens (tertiary/aromatic N) is 1. The van der Waals surface area contributed by atoms with Crippen LogP contribution < -0.4 is 15.4 Å². The fourth-order valence-electron chi connectivity index (χ4n) is 2.37. The van der Waals surface area contributed by atoms with Crippen LogP contribution in [0.25, 0.3) is 0 Å². The van der Waals surface area contributed by atoms with Gasteiger partial charge in [-0.25, -0.2) is 0 Å². The standard InChI is InChI=1S/C14H13F3N4O2.ClH/c15-14(16,17)23-9-3-1-2-8(6-9)19-13(22)12-10-7-18-5-4-11(10)20-21-12;/h1-3,6,18H,4-5,7H2,(H,19,22)(H,20,21);1H. The van der Waals surface area contributed by atoms with Crippen molar-refractivity contribution in [2.45, 2.75) is 19.3 Å². The first kappa shape index (κ1) is 18.1. The SMILES string of the molecule is Cl.O=C(Nc1cccc(OC(F)(F)F)c1)c1n[nH]c2c1CNCC2. The molecule has 0 spiro atoms. The van der Waals surface area contributed by atoms with Crippen LogP contribution in [0.15, 0.2) is 24.3 Å². The fraction of sp³-hybridized carbons (Fsp3) is 0.286. The lowest BCUT2D eigenvalue weighted by Gasteiger charge is -2.13. The Morgan fingerprint density at radius 2 is 2.12 bits per heavy atom. The average Bonchev–Trinajstić information content (AvgIpc) is 2.89. The molecule has 0 radical (unpaired) electrons. The van der Waals surface area contributed by atoms with E-state index < -0.39 is 18.0 Å². The van der Waals surface area contributed by atoms with Crippen LogP contribution in [-0.2, 0) is 13.0 Å². The summed E-state index contributed by atoms with van der Waals surface area (Å²) >= 11 is 0. The summed E-state index contributed by atoms with van der Waals surface area (Å²) in [7, 11) is 0. The smallest absolute Gasteiger partial charge is 0.406 e. The number of halogens is 4. The number of carbonyl (C=O) groups excluding carboxylic acids is 1. The van der Waals surface area contributed by atoms with E-state index in [1.807, 2.05) is 0 Å². The molecule has 1 aliphatic heterocycles. The van der Waals surface area contributed by atoms with E-state index in [2.05, 4.69) is 25.6 Å². The number of H-pyrrole nitrogens is 1. The first-order chi connectivity index (χ1) is 10.9. The second-order valence-electron chi connectivity index (χ2n) is 4.99. The van der Waals surface area contributed by atoms with Crippen molar-refractivity contribution in [3.63, 3.8) is 0 Å².